The molecule has 166 valence electrons. The number of carbonyl (C=O) groups excluding carboxylic acids is 2. The second-order valence-electron chi connectivity index (χ2n) is 7.16. The number of ether oxygens (including phenoxy) is 1. The number of hydrogen-bond acceptors (Lipinski definition) is 4. The molecule has 1 aliphatic rings. The van der Waals surface area contributed by atoms with E-state index in [2.05, 4.69) is 10.3 Å². The monoisotopic (exact) mass is 439 g/mol. The minimum atomic E-state index is -4.63. The van der Waals surface area contributed by atoms with E-state index >= 15 is 0 Å². The Balaban J connectivity index is 1.76. The maximum Gasteiger partial charge on any atom is 0.416 e. The first-order valence-corrected chi connectivity index (χ1v) is 9.63. The molecule has 0 spiro atoms. The summed E-state index contributed by atoms with van der Waals surface area (Å²) in [7, 11) is 0. The smallest absolute Gasteiger partial charge is 0.416 e. The molecule has 0 unspecified atom stereocenters. The Morgan fingerprint density at radius 2 is 1.97 bits per heavy atom. The highest BCUT2D eigenvalue weighted by molar-refractivity contribution is 5.78. The summed E-state index contributed by atoms with van der Waals surface area (Å²) in [6.45, 7) is 0.962. The molecule has 0 radical (unpaired) electrons. The highest BCUT2D eigenvalue weighted by Gasteiger charge is 2.37. The van der Waals surface area contributed by atoms with Crippen LogP contribution in [0, 0.1) is 5.82 Å². The lowest BCUT2D eigenvalue weighted by Gasteiger charge is -2.25. The van der Waals surface area contributed by atoms with Crippen LogP contribution in [0.15, 0.2) is 36.5 Å². The maximum atomic E-state index is 13.6. The molecule has 31 heavy (non-hydrogen) atoms. The van der Waals surface area contributed by atoms with Crippen molar-refractivity contribution in [1.82, 2.24) is 15.2 Å². The SMILES string of the molecule is CC(=O)NCc1cnc([C@@H]2CCCN2C(=O)COc2ccc(F)cc2)cc1C(F)(F)F. The van der Waals surface area contributed by atoms with Gasteiger partial charge in [-0.15, -0.1) is 0 Å². The first kappa shape index (κ1) is 22.5. The average Bonchev–Trinajstić information content (AvgIpc) is 3.21. The van der Waals surface area contributed by atoms with Crippen molar-refractivity contribution in [3.63, 3.8) is 0 Å². The summed E-state index contributed by atoms with van der Waals surface area (Å²) in [4.78, 5) is 29.3. The lowest BCUT2D eigenvalue weighted by molar-refractivity contribution is -0.138. The molecule has 3 rings (SSSR count). The van der Waals surface area contributed by atoms with E-state index in [-0.39, 0.29) is 24.4 Å². The van der Waals surface area contributed by atoms with Crippen molar-refractivity contribution >= 4 is 11.8 Å². The number of halogens is 4. The van der Waals surface area contributed by atoms with Crippen molar-refractivity contribution in [2.75, 3.05) is 13.2 Å². The van der Waals surface area contributed by atoms with E-state index in [1.165, 1.54) is 36.1 Å². The van der Waals surface area contributed by atoms with Crippen molar-refractivity contribution < 1.29 is 31.9 Å². The fourth-order valence-corrected chi connectivity index (χ4v) is 3.44. The van der Waals surface area contributed by atoms with Crippen LogP contribution < -0.4 is 10.1 Å². The van der Waals surface area contributed by atoms with Crippen LogP contribution in [0.2, 0.25) is 0 Å². The molecule has 6 nitrogen and oxygen atoms in total. The first-order valence-electron chi connectivity index (χ1n) is 9.63. The van der Waals surface area contributed by atoms with E-state index in [0.717, 1.165) is 12.3 Å². The van der Waals surface area contributed by atoms with Crippen LogP contribution in [0.4, 0.5) is 17.6 Å². The third kappa shape index (κ3) is 5.71. The average molecular weight is 439 g/mol. The van der Waals surface area contributed by atoms with Gasteiger partial charge in [0, 0.05) is 31.8 Å². The van der Waals surface area contributed by atoms with Gasteiger partial charge in [-0.25, -0.2) is 4.39 Å². The van der Waals surface area contributed by atoms with Gasteiger partial charge in [-0.3, -0.25) is 14.6 Å². The fourth-order valence-electron chi connectivity index (χ4n) is 3.44. The van der Waals surface area contributed by atoms with Gasteiger partial charge in [-0.2, -0.15) is 13.2 Å². The van der Waals surface area contributed by atoms with Crippen molar-refractivity contribution in [3.8, 4) is 5.75 Å². The minimum Gasteiger partial charge on any atom is -0.484 e. The quantitative estimate of drug-likeness (QED) is 0.698. The van der Waals surface area contributed by atoms with Gasteiger partial charge in [0.25, 0.3) is 5.91 Å². The van der Waals surface area contributed by atoms with Gasteiger partial charge in [0.2, 0.25) is 5.91 Å². The summed E-state index contributed by atoms with van der Waals surface area (Å²) in [5, 5.41) is 2.34. The zero-order valence-electron chi connectivity index (χ0n) is 16.7. The number of benzene rings is 1. The third-order valence-electron chi connectivity index (χ3n) is 4.93. The zero-order valence-corrected chi connectivity index (χ0v) is 16.7. The molecule has 1 aliphatic heterocycles. The van der Waals surface area contributed by atoms with Crippen molar-refractivity contribution in [3.05, 3.63) is 59.2 Å². The molecule has 2 heterocycles. The Kier molecular flexibility index (Phi) is 6.77. The van der Waals surface area contributed by atoms with Gasteiger partial charge < -0.3 is 15.0 Å². The highest BCUT2D eigenvalue weighted by atomic mass is 19.4. The van der Waals surface area contributed by atoms with Crippen LogP contribution in [-0.2, 0) is 22.3 Å². The predicted octanol–water partition coefficient (Wildman–Crippen LogP) is 3.62. The van der Waals surface area contributed by atoms with Crippen molar-refractivity contribution in [2.45, 2.75) is 38.5 Å². The van der Waals surface area contributed by atoms with E-state index < -0.39 is 35.4 Å². The summed E-state index contributed by atoms with van der Waals surface area (Å²) in [6.07, 6.45) is -2.46. The maximum absolute atomic E-state index is 13.6. The molecule has 1 aromatic carbocycles. The topological polar surface area (TPSA) is 71.5 Å². The Labute approximate surface area is 176 Å². The molecule has 0 saturated carbocycles. The molecule has 0 aliphatic carbocycles. The normalized spacial score (nSPS) is 16.3. The number of amides is 2. The summed E-state index contributed by atoms with van der Waals surface area (Å²) in [5.41, 5.74) is -0.915. The molecule has 1 fully saturated rings. The second-order valence-corrected chi connectivity index (χ2v) is 7.16. The predicted molar refractivity (Wildman–Crippen MR) is 102 cm³/mol. The molecular weight excluding hydrogens is 418 g/mol. The van der Waals surface area contributed by atoms with Gasteiger partial charge in [0.1, 0.15) is 11.6 Å². The number of hydrogen-bond donors (Lipinski definition) is 1. The number of nitrogens with zero attached hydrogens (tertiary/aromatic N) is 2. The number of pyridine rings is 1. The molecule has 10 heteroatoms. The van der Waals surface area contributed by atoms with E-state index in [9.17, 15) is 27.2 Å². The number of alkyl halides is 3. The second kappa shape index (κ2) is 9.32. The van der Waals surface area contributed by atoms with Gasteiger partial charge >= 0.3 is 6.18 Å². The standard InChI is InChI=1S/C21H21F4N3O3/c1-13(29)26-10-14-11-27-18(9-17(14)21(23,24)25)19-3-2-8-28(19)20(30)12-31-16-6-4-15(22)5-7-16/h4-7,9,11,19H,2-3,8,10,12H2,1H3,(H,26,29)/t19-/m0/s1. The lowest BCUT2D eigenvalue weighted by Crippen LogP contribution is -2.35. The van der Waals surface area contributed by atoms with E-state index in [1.807, 2.05) is 0 Å². The minimum absolute atomic E-state index is 0.131. The Morgan fingerprint density at radius 3 is 2.61 bits per heavy atom. The number of likely N-dealkylation sites (tertiary alicyclic amines) is 1. The molecule has 1 saturated heterocycles. The summed E-state index contributed by atoms with van der Waals surface area (Å²) < 4.78 is 59.0. The van der Waals surface area contributed by atoms with Crippen LogP contribution in [0.3, 0.4) is 0 Å². The number of nitrogens with one attached hydrogen (secondary N) is 1. The molecule has 1 aromatic heterocycles. The summed E-state index contributed by atoms with van der Waals surface area (Å²) in [5.74, 6) is -0.979. The lowest BCUT2D eigenvalue weighted by atomic mass is 10.0. The van der Waals surface area contributed by atoms with Crippen LogP contribution in [0.1, 0.15) is 42.6 Å². The van der Waals surface area contributed by atoms with Crippen molar-refractivity contribution in [2.24, 2.45) is 0 Å². The Hall–Kier alpha value is -3.17. The number of carbonyl (C=O) groups is 2. The highest BCUT2D eigenvalue weighted by Crippen LogP contribution is 2.36. The largest absolute Gasteiger partial charge is 0.484 e. The van der Waals surface area contributed by atoms with Gasteiger partial charge in [-0.1, -0.05) is 0 Å². The van der Waals surface area contributed by atoms with Crippen LogP contribution in [0.25, 0.3) is 0 Å². The molecule has 0 bridgehead atoms. The fraction of sp³-hybridized carbons (Fsp3) is 0.381. The van der Waals surface area contributed by atoms with Crippen LogP contribution in [-0.4, -0.2) is 34.8 Å². The van der Waals surface area contributed by atoms with E-state index in [1.54, 1.807) is 0 Å². The number of rotatable bonds is 6. The Bertz CT molecular complexity index is 948. The van der Waals surface area contributed by atoms with Gasteiger partial charge in [0.15, 0.2) is 6.61 Å². The molecule has 1 N–H and O–H groups in total. The van der Waals surface area contributed by atoms with Crippen LogP contribution in [0.5, 0.6) is 5.75 Å². The van der Waals surface area contributed by atoms with Gasteiger partial charge in [-0.05, 0) is 43.2 Å². The molecule has 1 atom stereocenters. The van der Waals surface area contributed by atoms with Crippen molar-refractivity contribution in [1.29, 1.82) is 0 Å². The number of aromatic nitrogens is 1. The first-order chi connectivity index (χ1) is 14.6. The van der Waals surface area contributed by atoms with Gasteiger partial charge in [0.05, 0.1) is 17.3 Å². The summed E-state index contributed by atoms with van der Waals surface area (Å²) in [6, 6.07) is 5.49. The van der Waals surface area contributed by atoms with E-state index in [4.69, 9.17) is 4.74 Å². The van der Waals surface area contributed by atoms with E-state index in [0.29, 0.717) is 25.1 Å². The molecule has 2 amide bonds. The summed E-state index contributed by atoms with van der Waals surface area (Å²) >= 11 is 0. The Morgan fingerprint density at radius 1 is 1.26 bits per heavy atom. The molecule has 2 aromatic rings. The third-order valence-corrected chi connectivity index (χ3v) is 4.93. The zero-order chi connectivity index (χ0) is 22.6. The van der Waals surface area contributed by atoms with Crippen LogP contribution >= 0.6 is 0 Å². The molecular formula is C21H21F4N3O3.